The molecule has 7 heteroatoms. The second kappa shape index (κ2) is 11.1. The number of benzene rings is 2. The molecular weight excluding hydrogens is 374 g/mol. The minimum Gasteiger partial charge on any atom is -0.494 e. The fourth-order valence-corrected chi connectivity index (χ4v) is 2.37. The number of nitrogens with zero attached hydrogens (tertiary/aromatic N) is 1. The molecule has 0 saturated heterocycles. The van der Waals surface area contributed by atoms with Crippen LogP contribution in [0.5, 0.6) is 17.2 Å². The summed E-state index contributed by atoms with van der Waals surface area (Å²) < 4.78 is 20.7. The second-order valence-corrected chi connectivity index (χ2v) is 5.81. The molecule has 2 aromatic rings. The largest absolute Gasteiger partial charge is 0.494 e. The lowest BCUT2D eigenvalue weighted by Gasteiger charge is -2.10. The summed E-state index contributed by atoms with van der Waals surface area (Å²) in [4.78, 5) is 23.6. The second-order valence-electron chi connectivity index (χ2n) is 5.81. The average Bonchev–Trinajstić information content (AvgIpc) is 2.76. The summed E-state index contributed by atoms with van der Waals surface area (Å²) in [7, 11) is 2.63. The Morgan fingerprint density at radius 3 is 2.48 bits per heavy atom. The van der Waals surface area contributed by atoms with Gasteiger partial charge in [0.25, 0.3) is 0 Å². The number of esters is 2. The summed E-state index contributed by atoms with van der Waals surface area (Å²) in [5.41, 5.74) is 0.373. The summed E-state index contributed by atoms with van der Waals surface area (Å²) in [5.74, 6) is 0.134. The van der Waals surface area contributed by atoms with Crippen molar-refractivity contribution in [2.75, 3.05) is 20.8 Å². The van der Waals surface area contributed by atoms with E-state index in [2.05, 4.69) is 4.74 Å². The minimum atomic E-state index is -0.736. The zero-order valence-corrected chi connectivity index (χ0v) is 16.2. The quantitative estimate of drug-likeness (QED) is 0.211. The summed E-state index contributed by atoms with van der Waals surface area (Å²) in [5, 5.41) is 9.03. The van der Waals surface area contributed by atoms with Crippen molar-refractivity contribution in [1.29, 1.82) is 5.26 Å². The number of carbonyl (C=O) groups excluding carboxylic acids is 2. The van der Waals surface area contributed by atoms with E-state index in [0.29, 0.717) is 24.3 Å². The van der Waals surface area contributed by atoms with E-state index >= 15 is 0 Å². The molecule has 150 valence electrons. The van der Waals surface area contributed by atoms with E-state index in [1.165, 1.54) is 26.4 Å². The molecule has 0 amide bonds. The topological polar surface area (TPSA) is 94.9 Å². The maximum atomic E-state index is 12.1. The predicted octanol–water partition coefficient (Wildman–Crippen LogP) is 3.54. The first-order valence-electron chi connectivity index (χ1n) is 8.84. The third-order valence-electron chi connectivity index (χ3n) is 3.79. The van der Waals surface area contributed by atoms with Gasteiger partial charge in [-0.3, -0.25) is 4.79 Å². The van der Waals surface area contributed by atoms with Gasteiger partial charge in [0.05, 0.1) is 20.8 Å². The van der Waals surface area contributed by atoms with Crippen LogP contribution in [0.3, 0.4) is 0 Å². The number of hydrogen-bond donors (Lipinski definition) is 0. The van der Waals surface area contributed by atoms with Crippen molar-refractivity contribution in [3.05, 3.63) is 59.7 Å². The molecule has 0 unspecified atom stereocenters. The van der Waals surface area contributed by atoms with Gasteiger partial charge >= 0.3 is 11.9 Å². The van der Waals surface area contributed by atoms with Gasteiger partial charge in [-0.05, 0) is 42.3 Å². The molecular formula is C22H21NO6. The third kappa shape index (κ3) is 6.70. The standard InChI is InChI=1S/C22H21NO6/c1-26-20-14-16(13-17(15-23)22(25)27-2)10-11-19(20)29-21(24)9-6-12-28-18-7-4-3-5-8-18/h3-5,7-8,10-11,13-14H,6,9,12H2,1-2H3/b17-13+. The molecule has 0 heterocycles. The monoisotopic (exact) mass is 395 g/mol. The van der Waals surface area contributed by atoms with E-state index in [1.807, 2.05) is 30.3 Å². The van der Waals surface area contributed by atoms with Crippen LogP contribution in [0.4, 0.5) is 0 Å². The van der Waals surface area contributed by atoms with Crippen LogP contribution in [0.1, 0.15) is 18.4 Å². The molecule has 2 rings (SSSR count). The molecule has 0 N–H and O–H groups in total. The summed E-state index contributed by atoms with van der Waals surface area (Å²) >= 11 is 0. The van der Waals surface area contributed by atoms with Crippen molar-refractivity contribution in [3.8, 4) is 23.3 Å². The first kappa shape index (κ1) is 21.5. The van der Waals surface area contributed by atoms with Crippen LogP contribution in [0.25, 0.3) is 6.08 Å². The normalized spacial score (nSPS) is 10.6. The van der Waals surface area contributed by atoms with Gasteiger partial charge in [0.1, 0.15) is 17.4 Å². The number of para-hydroxylation sites is 1. The van der Waals surface area contributed by atoms with Crippen molar-refractivity contribution in [2.24, 2.45) is 0 Å². The Morgan fingerprint density at radius 2 is 1.83 bits per heavy atom. The highest BCUT2D eigenvalue weighted by atomic mass is 16.6. The molecule has 0 saturated carbocycles. The molecule has 0 aliphatic rings. The molecule has 0 aliphatic carbocycles. The molecule has 7 nitrogen and oxygen atoms in total. The van der Waals surface area contributed by atoms with E-state index < -0.39 is 11.9 Å². The summed E-state index contributed by atoms with van der Waals surface area (Å²) in [6.07, 6.45) is 2.04. The average molecular weight is 395 g/mol. The molecule has 0 radical (unpaired) electrons. The van der Waals surface area contributed by atoms with Gasteiger partial charge in [-0.25, -0.2) is 4.79 Å². The first-order chi connectivity index (χ1) is 14.1. The SMILES string of the molecule is COC(=O)/C(C#N)=C/c1ccc(OC(=O)CCCOc2ccccc2)c(OC)c1. The lowest BCUT2D eigenvalue weighted by Crippen LogP contribution is -2.10. The predicted molar refractivity (Wildman–Crippen MR) is 105 cm³/mol. The van der Waals surface area contributed by atoms with Crippen LogP contribution in [0.15, 0.2) is 54.1 Å². The number of nitriles is 1. The van der Waals surface area contributed by atoms with E-state index in [-0.39, 0.29) is 17.7 Å². The lowest BCUT2D eigenvalue weighted by atomic mass is 10.1. The number of carbonyl (C=O) groups is 2. The number of ether oxygens (including phenoxy) is 4. The van der Waals surface area contributed by atoms with Crippen molar-refractivity contribution in [2.45, 2.75) is 12.8 Å². The van der Waals surface area contributed by atoms with Crippen molar-refractivity contribution in [3.63, 3.8) is 0 Å². The molecule has 0 atom stereocenters. The van der Waals surface area contributed by atoms with Crippen LogP contribution in [0.2, 0.25) is 0 Å². The highest BCUT2D eigenvalue weighted by molar-refractivity contribution is 5.97. The zero-order valence-electron chi connectivity index (χ0n) is 16.2. The number of rotatable bonds is 9. The molecule has 0 fully saturated rings. The highest BCUT2D eigenvalue weighted by Crippen LogP contribution is 2.29. The smallest absolute Gasteiger partial charge is 0.348 e. The first-order valence-corrected chi connectivity index (χ1v) is 8.84. The Balaban J connectivity index is 1.94. The van der Waals surface area contributed by atoms with Crippen LogP contribution in [0, 0.1) is 11.3 Å². The molecule has 0 aliphatic heterocycles. The molecule has 0 spiro atoms. The van der Waals surface area contributed by atoms with E-state index in [1.54, 1.807) is 18.2 Å². The minimum absolute atomic E-state index is 0.155. The Kier molecular flexibility index (Phi) is 8.27. The lowest BCUT2D eigenvalue weighted by molar-refractivity contribution is -0.136. The Labute approximate surface area is 169 Å². The highest BCUT2D eigenvalue weighted by Gasteiger charge is 2.13. The third-order valence-corrected chi connectivity index (χ3v) is 3.79. The maximum absolute atomic E-state index is 12.1. The van der Waals surface area contributed by atoms with Crippen LogP contribution >= 0.6 is 0 Å². The Hall–Kier alpha value is -3.79. The van der Waals surface area contributed by atoms with Gasteiger partial charge in [0, 0.05) is 6.42 Å². The summed E-state index contributed by atoms with van der Waals surface area (Å²) in [6, 6.07) is 15.8. The van der Waals surface area contributed by atoms with Gasteiger partial charge in [-0.1, -0.05) is 24.3 Å². The fraction of sp³-hybridized carbons (Fsp3) is 0.227. The van der Waals surface area contributed by atoms with Crippen molar-refractivity contribution >= 4 is 18.0 Å². The van der Waals surface area contributed by atoms with E-state index in [0.717, 1.165) is 5.75 Å². The van der Waals surface area contributed by atoms with E-state index in [9.17, 15) is 9.59 Å². The number of hydrogen-bond acceptors (Lipinski definition) is 7. The Bertz CT molecular complexity index is 915. The van der Waals surface area contributed by atoms with Crippen LogP contribution in [-0.2, 0) is 14.3 Å². The fourth-order valence-electron chi connectivity index (χ4n) is 2.37. The molecule has 2 aromatic carbocycles. The van der Waals surface area contributed by atoms with Crippen LogP contribution < -0.4 is 14.2 Å². The van der Waals surface area contributed by atoms with Gasteiger partial charge < -0.3 is 18.9 Å². The van der Waals surface area contributed by atoms with Gasteiger partial charge in [-0.2, -0.15) is 5.26 Å². The molecule has 0 bridgehead atoms. The number of methoxy groups -OCH3 is 2. The molecule has 0 aromatic heterocycles. The zero-order chi connectivity index (χ0) is 21.1. The molecule has 29 heavy (non-hydrogen) atoms. The van der Waals surface area contributed by atoms with Gasteiger partial charge in [0.2, 0.25) is 0 Å². The van der Waals surface area contributed by atoms with Gasteiger partial charge in [-0.15, -0.1) is 0 Å². The van der Waals surface area contributed by atoms with E-state index in [4.69, 9.17) is 19.5 Å². The summed E-state index contributed by atoms with van der Waals surface area (Å²) in [6.45, 7) is 0.393. The van der Waals surface area contributed by atoms with Crippen LogP contribution in [-0.4, -0.2) is 32.8 Å². The maximum Gasteiger partial charge on any atom is 0.348 e. The van der Waals surface area contributed by atoms with Crippen molar-refractivity contribution in [1.82, 2.24) is 0 Å². The van der Waals surface area contributed by atoms with Crippen molar-refractivity contribution < 1.29 is 28.5 Å². The Morgan fingerprint density at radius 1 is 1.07 bits per heavy atom. The van der Waals surface area contributed by atoms with Gasteiger partial charge in [0.15, 0.2) is 11.5 Å².